The van der Waals surface area contributed by atoms with Crippen molar-refractivity contribution in [1.29, 1.82) is 0 Å². The summed E-state index contributed by atoms with van der Waals surface area (Å²) in [6.45, 7) is 5.83. The van der Waals surface area contributed by atoms with E-state index in [1.165, 1.54) is 43.3 Å². The van der Waals surface area contributed by atoms with E-state index >= 15 is 0 Å². The number of nitrogens with one attached hydrogen (secondary N) is 1. The van der Waals surface area contributed by atoms with Crippen molar-refractivity contribution in [2.45, 2.75) is 47.2 Å². The number of hydrogen-bond donors (Lipinski definition) is 1. The molecule has 160 valence electrons. The molecule has 0 atom stereocenters. The van der Waals surface area contributed by atoms with Gasteiger partial charge in [0.2, 0.25) is 15.9 Å². The van der Waals surface area contributed by atoms with Crippen LogP contribution >= 0.6 is 34.9 Å². The van der Waals surface area contributed by atoms with E-state index < -0.39 is 10.0 Å². The van der Waals surface area contributed by atoms with Crippen molar-refractivity contribution in [2.24, 2.45) is 0 Å². The summed E-state index contributed by atoms with van der Waals surface area (Å²) < 4.78 is 27.7. The van der Waals surface area contributed by atoms with Gasteiger partial charge in [-0.1, -0.05) is 48.2 Å². The van der Waals surface area contributed by atoms with Crippen molar-refractivity contribution in [3.05, 3.63) is 23.3 Å². The van der Waals surface area contributed by atoms with Crippen LogP contribution in [0.25, 0.3) is 0 Å². The first-order valence-corrected chi connectivity index (χ1v) is 13.3. The molecular formula is C18H26N4O3S4. The van der Waals surface area contributed by atoms with Gasteiger partial charge in [0.05, 0.1) is 10.6 Å². The number of nitrogens with zero attached hydrogens (tertiary/aromatic N) is 3. The average molecular weight is 475 g/mol. The average Bonchev–Trinajstić information content (AvgIpc) is 3.11. The Balaban J connectivity index is 2.03. The third-order valence-electron chi connectivity index (χ3n) is 4.13. The lowest BCUT2D eigenvalue weighted by atomic mass is 10.1. The lowest BCUT2D eigenvalue weighted by Gasteiger charge is -2.16. The number of anilines is 1. The lowest BCUT2D eigenvalue weighted by Crippen LogP contribution is -2.23. The van der Waals surface area contributed by atoms with Crippen LogP contribution in [-0.4, -0.2) is 54.4 Å². The topological polar surface area (TPSA) is 92.3 Å². The highest BCUT2D eigenvalue weighted by Gasteiger charge is 2.20. The van der Waals surface area contributed by atoms with Crippen molar-refractivity contribution in [3.8, 4) is 0 Å². The molecule has 1 N–H and O–H groups in total. The van der Waals surface area contributed by atoms with E-state index in [0.29, 0.717) is 5.69 Å². The molecule has 1 amide bonds. The van der Waals surface area contributed by atoms with E-state index in [9.17, 15) is 13.2 Å². The first kappa shape index (κ1) is 24.1. The SMILES string of the molecule is CCCCSc1nnc(SCC(=O)Nc2cc(S(=O)(=O)N(C)C)cc(C)c2C)s1. The zero-order chi connectivity index (χ0) is 21.6. The normalized spacial score (nSPS) is 11.8. The number of hydrogen-bond acceptors (Lipinski definition) is 8. The first-order chi connectivity index (χ1) is 13.6. The van der Waals surface area contributed by atoms with Gasteiger partial charge in [-0.15, -0.1) is 10.2 Å². The van der Waals surface area contributed by atoms with E-state index in [4.69, 9.17) is 0 Å². The van der Waals surface area contributed by atoms with Crippen molar-refractivity contribution >= 4 is 56.5 Å². The number of amides is 1. The Kier molecular flexibility index (Phi) is 8.95. The van der Waals surface area contributed by atoms with Crippen LogP contribution in [0.2, 0.25) is 0 Å². The van der Waals surface area contributed by atoms with Crippen LogP contribution in [0.15, 0.2) is 25.7 Å². The fourth-order valence-electron chi connectivity index (χ4n) is 2.25. The van der Waals surface area contributed by atoms with Gasteiger partial charge in [0.25, 0.3) is 0 Å². The van der Waals surface area contributed by atoms with Gasteiger partial charge in [-0.3, -0.25) is 4.79 Å². The molecule has 0 saturated heterocycles. The molecule has 2 rings (SSSR count). The summed E-state index contributed by atoms with van der Waals surface area (Å²) >= 11 is 4.49. The van der Waals surface area contributed by atoms with E-state index in [0.717, 1.165) is 42.7 Å². The van der Waals surface area contributed by atoms with E-state index in [1.54, 1.807) is 17.8 Å². The predicted molar refractivity (Wildman–Crippen MR) is 122 cm³/mol. The molecule has 0 unspecified atom stereocenters. The molecule has 7 nitrogen and oxygen atoms in total. The van der Waals surface area contributed by atoms with Gasteiger partial charge in [0.15, 0.2) is 8.68 Å². The maximum Gasteiger partial charge on any atom is 0.242 e. The van der Waals surface area contributed by atoms with Crippen molar-refractivity contribution < 1.29 is 13.2 Å². The molecule has 1 heterocycles. The fraction of sp³-hybridized carbons (Fsp3) is 0.500. The Morgan fingerprint density at radius 3 is 2.45 bits per heavy atom. The summed E-state index contributed by atoms with van der Waals surface area (Å²) in [6.07, 6.45) is 2.28. The summed E-state index contributed by atoms with van der Waals surface area (Å²) in [6, 6.07) is 3.13. The monoisotopic (exact) mass is 474 g/mol. The zero-order valence-electron chi connectivity index (χ0n) is 17.2. The van der Waals surface area contributed by atoms with E-state index in [2.05, 4.69) is 22.4 Å². The highest BCUT2D eigenvalue weighted by Crippen LogP contribution is 2.30. The van der Waals surface area contributed by atoms with Gasteiger partial charge >= 0.3 is 0 Å². The molecule has 1 aromatic heterocycles. The highest BCUT2D eigenvalue weighted by molar-refractivity contribution is 8.03. The van der Waals surface area contributed by atoms with Gasteiger partial charge in [-0.25, -0.2) is 12.7 Å². The van der Waals surface area contributed by atoms with E-state index in [-0.39, 0.29) is 16.6 Å². The Hall–Kier alpha value is -1.14. The van der Waals surface area contributed by atoms with Crippen molar-refractivity contribution in [2.75, 3.05) is 30.9 Å². The van der Waals surface area contributed by atoms with Crippen LogP contribution in [0.5, 0.6) is 0 Å². The number of unbranched alkanes of at least 4 members (excludes halogenated alkanes) is 1. The van der Waals surface area contributed by atoms with Gasteiger partial charge in [-0.05, 0) is 43.5 Å². The molecule has 1 aromatic carbocycles. The second kappa shape index (κ2) is 10.8. The Morgan fingerprint density at radius 1 is 1.17 bits per heavy atom. The molecule has 0 bridgehead atoms. The van der Waals surface area contributed by atoms with Crippen molar-refractivity contribution in [3.63, 3.8) is 0 Å². The first-order valence-electron chi connectivity index (χ1n) is 9.08. The third kappa shape index (κ3) is 6.68. The molecule has 0 spiro atoms. The second-order valence-corrected chi connectivity index (χ2v) is 12.3. The van der Waals surface area contributed by atoms with E-state index in [1.807, 2.05) is 13.8 Å². The van der Waals surface area contributed by atoms with Gasteiger partial charge in [0.1, 0.15) is 0 Å². The molecule has 2 aromatic rings. The van der Waals surface area contributed by atoms with Crippen LogP contribution in [0, 0.1) is 13.8 Å². The number of aromatic nitrogens is 2. The highest BCUT2D eigenvalue weighted by atomic mass is 32.2. The smallest absolute Gasteiger partial charge is 0.242 e. The van der Waals surface area contributed by atoms with Crippen molar-refractivity contribution in [1.82, 2.24) is 14.5 Å². The minimum absolute atomic E-state index is 0.159. The molecule has 0 radical (unpaired) electrons. The number of benzene rings is 1. The second-order valence-electron chi connectivity index (χ2n) is 6.57. The van der Waals surface area contributed by atoms with Gasteiger partial charge in [0, 0.05) is 25.5 Å². The van der Waals surface area contributed by atoms with Crippen LogP contribution in [-0.2, 0) is 14.8 Å². The molecule has 29 heavy (non-hydrogen) atoms. The lowest BCUT2D eigenvalue weighted by molar-refractivity contribution is -0.113. The summed E-state index contributed by atoms with van der Waals surface area (Å²) in [5.74, 6) is 0.977. The molecule has 0 aliphatic heterocycles. The Labute approximate surface area is 185 Å². The largest absolute Gasteiger partial charge is 0.325 e. The molecule has 0 saturated carbocycles. The minimum atomic E-state index is -3.58. The number of aryl methyl sites for hydroxylation is 1. The van der Waals surface area contributed by atoms with Crippen LogP contribution in [0.1, 0.15) is 30.9 Å². The maximum atomic E-state index is 12.4. The van der Waals surface area contributed by atoms with Crippen LogP contribution < -0.4 is 5.32 Å². The summed E-state index contributed by atoms with van der Waals surface area (Å²) in [7, 11) is -0.614. The molecule has 11 heteroatoms. The third-order valence-corrected chi connectivity index (χ3v) is 9.20. The summed E-state index contributed by atoms with van der Waals surface area (Å²) in [5.41, 5.74) is 2.14. The van der Waals surface area contributed by atoms with Gasteiger partial charge < -0.3 is 5.32 Å². The molecule has 0 fully saturated rings. The summed E-state index contributed by atoms with van der Waals surface area (Å²) in [4.78, 5) is 12.6. The number of thioether (sulfide) groups is 2. The minimum Gasteiger partial charge on any atom is -0.325 e. The standard InChI is InChI=1S/C18H26N4O3S4/c1-6-7-8-26-17-20-21-18(28-17)27-11-16(23)19-15-10-14(9-12(2)13(15)3)29(24,25)22(4)5/h9-10H,6-8,11H2,1-5H3,(H,19,23). The van der Waals surface area contributed by atoms with Crippen LogP contribution in [0.4, 0.5) is 5.69 Å². The Morgan fingerprint density at radius 2 is 1.83 bits per heavy atom. The number of rotatable bonds is 10. The predicted octanol–water partition coefficient (Wildman–Crippen LogP) is 4.03. The molecule has 0 aliphatic rings. The fourth-order valence-corrected chi connectivity index (χ4v) is 6.24. The van der Waals surface area contributed by atoms with Gasteiger partial charge in [-0.2, -0.15) is 0 Å². The number of carbonyl (C=O) groups is 1. The number of carbonyl (C=O) groups excluding carboxylic acids is 1. The Bertz CT molecular complexity index is 958. The summed E-state index contributed by atoms with van der Waals surface area (Å²) in [5, 5.41) is 11.1. The molecule has 0 aliphatic carbocycles. The maximum absolute atomic E-state index is 12.4. The quantitative estimate of drug-likeness (QED) is 0.410. The van der Waals surface area contributed by atoms with Crippen LogP contribution in [0.3, 0.4) is 0 Å². The number of sulfonamides is 1. The zero-order valence-corrected chi connectivity index (χ0v) is 20.4. The molecular weight excluding hydrogens is 448 g/mol.